The molecule has 1 aromatic heterocycles. The zero-order valence-electron chi connectivity index (χ0n) is 13.7. The maximum atomic E-state index is 12.5. The third kappa shape index (κ3) is 2.99. The molecule has 0 bridgehead atoms. The first-order valence-electron chi connectivity index (χ1n) is 7.75. The van der Waals surface area contributed by atoms with Crippen LogP contribution >= 0.6 is 0 Å². The first-order valence-corrected chi connectivity index (χ1v) is 7.75. The van der Waals surface area contributed by atoms with Crippen molar-refractivity contribution in [1.82, 2.24) is 20.1 Å². The molecule has 3 rings (SSSR count). The molecule has 0 radical (unpaired) electrons. The number of rotatable bonds is 3. The number of aliphatic hydroxyl groups is 1. The predicted octanol–water partition coefficient (Wildman–Crippen LogP) is 1.29. The number of amides is 1. The topological polar surface area (TPSA) is 80.0 Å². The number of fused-ring (bicyclic) bond motifs is 1. The monoisotopic (exact) mass is 314 g/mol. The van der Waals surface area contributed by atoms with E-state index in [0.717, 1.165) is 11.1 Å². The van der Waals surface area contributed by atoms with Crippen LogP contribution in [-0.4, -0.2) is 37.9 Å². The van der Waals surface area contributed by atoms with Gasteiger partial charge < -0.3 is 10.4 Å². The van der Waals surface area contributed by atoms with Gasteiger partial charge in [0.1, 0.15) is 6.33 Å². The molecule has 23 heavy (non-hydrogen) atoms. The summed E-state index contributed by atoms with van der Waals surface area (Å²) in [6.07, 6.45) is 2.79. The van der Waals surface area contributed by atoms with Crippen molar-refractivity contribution in [3.8, 4) is 0 Å². The summed E-state index contributed by atoms with van der Waals surface area (Å²) in [6.45, 7) is 5.86. The molecular weight excluding hydrogens is 292 g/mol. The summed E-state index contributed by atoms with van der Waals surface area (Å²) < 4.78 is 1.66. The minimum absolute atomic E-state index is 0.118. The van der Waals surface area contributed by atoms with Gasteiger partial charge in [-0.25, -0.2) is 9.67 Å². The summed E-state index contributed by atoms with van der Waals surface area (Å²) in [5, 5.41) is 17.1. The van der Waals surface area contributed by atoms with Crippen molar-refractivity contribution >= 4 is 5.91 Å². The molecule has 0 saturated carbocycles. The van der Waals surface area contributed by atoms with Crippen LogP contribution < -0.4 is 5.32 Å². The lowest BCUT2D eigenvalue weighted by Gasteiger charge is -2.27. The molecule has 1 amide bonds. The highest BCUT2D eigenvalue weighted by Gasteiger charge is 2.38. The van der Waals surface area contributed by atoms with Gasteiger partial charge in [0.2, 0.25) is 5.82 Å². The molecule has 1 aromatic carbocycles. The van der Waals surface area contributed by atoms with Crippen LogP contribution in [0.15, 0.2) is 30.6 Å². The maximum absolute atomic E-state index is 12.5. The first-order chi connectivity index (χ1) is 10.8. The van der Waals surface area contributed by atoms with E-state index in [4.69, 9.17) is 0 Å². The van der Waals surface area contributed by atoms with Crippen molar-refractivity contribution in [2.75, 3.05) is 6.61 Å². The maximum Gasteiger partial charge on any atom is 0.291 e. The minimum Gasteiger partial charge on any atom is -0.394 e. The summed E-state index contributed by atoms with van der Waals surface area (Å²) in [7, 11) is 0. The van der Waals surface area contributed by atoms with Gasteiger partial charge in [0, 0.05) is 0 Å². The third-order valence-corrected chi connectivity index (χ3v) is 4.24. The number of nitrogens with zero attached hydrogens (tertiary/aromatic N) is 3. The molecular formula is C17H22N4O2. The smallest absolute Gasteiger partial charge is 0.291 e. The molecule has 6 nitrogen and oxygen atoms in total. The second-order valence-electron chi connectivity index (χ2n) is 7.20. The van der Waals surface area contributed by atoms with E-state index in [2.05, 4.69) is 15.4 Å². The fraction of sp³-hybridized carbons (Fsp3) is 0.471. The Kier molecular flexibility index (Phi) is 3.72. The standard InChI is InChI=1S/C17H22N4O2/c1-16(2,3)21-11-18-14(20-21)15(23)19-17(10-22)8-12-6-4-5-7-13(12)9-17/h4-7,11,22H,8-10H2,1-3H3,(H,19,23). The fourth-order valence-electron chi connectivity index (χ4n) is 2.92. The second kappa shape index (κ2) is 5.45. The van der Waals surface area contributed by atoms with Gasteiger partial charge in [0.15, 0.2) is 0 Å². The highest BCUT2D eigenvalue weighted by Crippen LogP contribution is 2.30. The molecule has 1 aliphatic rings. The van der Waals surface area contributed by atoms with Crippen LogP contribution in [0, 0.1) is 0 Å². The van der Waals surface area contributed by atoms with E-state index in [-0.39, 0.29) is 23.9 Å². The third-order valence-electron chi connectivity index (χ3n) is 4.24. The molecule has 1 aliphatic carbocycles. The van der Waals surface area contributed by atoms with Crippen molar-refractivity contribution < 1.29 is 9.90 Å². The highest BCUT2D eigenvalue weighted by atomic mass is 16.3. The average Bonchev–Trinajstić information content (AvgIpc) is 3.11. The van der Waals surface area contributed by atoms with Crippen molar-refractivity contribution in [2.24, 2.45) is 0 Å². The molecule has 0 spiro atoms. The van der Waals surface area contributed by atoms with Gasteiger partial charge in [-0.05, 0) is 44.7 Å². The van der Waals surface area contributed by atoms with Crippen LogP contribution in [0.2, 0.25) is 0 Å². The van der Waals surface area contributed by atoms with Gasteiger partial charge in [-0.15, -0.1) is 5.10 Å². The van der Waals surface area contributed by atoms with E-state index in [1.54, 1.807) is 11.0 Å². The van der Waals surface area contributed by atoms with Crippen LogP contribution in [0.25, 0.3) is 0 Å². The Morgan fingerprint density at radius 2 is 1.91 bits per heavy atom. The minimum atomic E-state index is -0.673. The van der Waals surface area contributed by atoms with Crippen molar-refractivity contribution in [1.29, 1.82) is 0 Å². The van der Waals surface area contributed by atoms with E-state index in [9.17, 15) is 9.90 Å². The van der Waals surface area contributed by atoms with Gasteiger partial charge in [0.25, 0.3) is 5.91 Å². The zero-order chi connectivity index (χ0) is 16.7. The fourth-order valence-corrected chi connectivity index (χ4v) is 2.92. The molecule has 2 N–H and O–H groups in total. The summed E-state index contributed by atoms with van der Waals surface area (Å²) in [5.74, 6) is -0.224. The largest absolute Gasteiger partial charge is 0.394 e. The number of carbonyl (C=O) groups is 1. The Bertz CT molecular complexity index is 705. The molecule has 1 heterocycles. The Morgan fingerprint density at radius 3 is 2.39 bits per heavy atom. The Labute approximate surface area is 135 Å². The number of hydrogen-bond donors (Lipinski definition) is 2. The van der Waals surface area contributed by atoms with Crippen LogP contribution in [0.4, 0.5) is 0 Å². The summed E-state index contributed by atoms with van der Waals surface area (Å²) in [6, 6.07) is 8.01. The summed E-state index contributed by atoms with van der Waals surface area (Å²) in [5.41, 5.74) is 1.42. The number of hydrogen-bond acceptors (Lipinski definition) is 4. The van der Waals surface area contributed by atoms with Gasteiger partial charge in [-0.2, -0.15) is 0 Å². The van der Waals surface area contributed by atoms with Crippen molar-refractivity contribution in [3.05, 3.63) is 47.5 Å². The molecule has 0 unspecified atom stereocenters. The SMILES string of the molecule is CC(C)(C)n1cnc(C(=O)NC2(CO)Cc3ccccc3C2)n1. The molecule has 2 aromatic rings. The summed E-state index contributed by atoms with van der Waals surface area (Å²) in [4.78, 5) is 16.6. The predicted molar refractivity (Wildman–Crippen MR) is 86.2 cm³/mol. The van der Waals surface area contributed by atoms with Crippen LogP contribution in [0.3, 0.4) is 0 Å². The van der Waals surface area contributed by atoms with E-state index in [1.807, 2.05) is 45.0 Å². The van der Waals surface area contributed by atoms with Crippen LogP contribution in [0.1, 0.15) is 42.5 Å². The lowest BCUT2D eigenvalue weighted by atomic mass is 9.96. The lowest BCUT2D eigenvalue weighted by molar-refractivity contribution is 0.0831. The molecule has 0 aliphatic heterocycles. The van der Waals surface area contributed by atoms with Crippen LogP contribution in [0.5, 0.6) is 0 Å². The summed E-state index contributed by atoms with van der Waals surface area (Å²) >= 11 is 0. The van der Waals surface area contributed by atoms with E-state index < -0.39 is 5.54 Å². The molecule has 0 saturated heterocycles. The van der Waals surface area contributed by atoms with Gasteiger partial charge in [-0.3, -0.25) is 4.79 Å². The van der Waals surface area contributed by atoms with E-state index in [1.165, 1.54) is 0 Å². The van der Waals surface area contributed by atoms with E-state index in [0.29, 0.717) is 12.8 Å². The number of carbonyl (C=O) groups excluding carboxylic acids is 1. The van der Waals surface area contributed by atoms with Crippen LogP contribution in [-0.2, 0) is 18.4 Å². The second-order valence-corrected chi connectivity index (χ2v) is 7.20. The Morgan fingerprint density at radius 1 is 1.30 bits per heavy atom. The molecule has 6 heteroatoms. The Balaban J connectivity index is 1.78. The first kappa shape index (κ1) is 15.7. The molecule has 0 fully saturated rings. The number of benzene rings is 1. The van der Waals surface area contributed by atoms with Crippen molar-refractivity contribution in [3.63, 3.8) is 0 Å². The normalized spacial score (nSPS) is 16.2. The van der Waals surface area contributed by atoms with Gasteiger partial charge in [0.05, 0.1) is 17.7 Å². The van der Waals surface area contributed by atoms with Gasteiger partial charge in [-0.1, -0.05) is 24.3 Å². The average molecular weight is 314 g/mol. The molecule has 0 atom stereocenters. The van der Waals surface area contributed by atoms with E-state index >= 15 is 0 Å². The number of aromatic nitrogens is 3. The number of nitrogens with one attached hydrogen (secondary N) is 1. The number of aliphatic hydroxyl groups excluding tert-OH is 1. The zero-order valence-corrected chi connectivity index (χ0v) is 13.7. The van der Waals surface area contributed by atoms with Crippen molar-refractivity contribution in [2.45, 2.75) is 44.7 Å². The Hall–Kier alpha value is -2.21. The quantitative estimate of drug-likeness (QED) is 0.895. The lowest BCUT2D eigenvalue weighted by Crippen LogP contribution is -2.52. The highest BCUT2D eigenvalue weighted by molar-refractivity contribution is 5.91. The van der Waals surface area contributed by atoms with Gasteiger partial charge >= 0.3 is 0 Å². The molecule has 122 valence electrons.